The van der Waals surface area contributed by atoms with Gasteiger partial charge in [-0.15, -0.1) is 5.10 Å². The molecule has 0 aliphatic heterocycles. The first-order valence-electron chi connectivity index (χ1n) is 13.1. The minimum atomic E-state index is -0.319. The van der Waals surface area contributed by atoms with Gasteiger partial charge in [-0.25, -0.2) is 9.97 Å². The smallest absolute Gasteiger partial charge is 0.244 e. The van der Waals surface area contributed by atoms with Gasteiger partial charge in [0.2, 0.25) is 11.8 Å². The van der Waals surface area contributed by atoms with Crippen molar-refractivity contribution in [2.75, 3.05) is 26.1 Å². The zero-order valence-corrected chi connectivity index (χ0v) is 23.6. The zero-order chi connectivity index (χ0) is 27.7. The number of hydrogen-bond acceptors (Lipinski definition) is 8. The van der Waals surface area contributed by atoms with Gasteiger partial charge in [0.25, 0.3) is 0 Å². The lowest BCUT2D eigenvalue weighted by Crippen LogP contribution is -2.33. The van der Waals surface area contributed by atoms with Crippen LogP contribution < -0.4 is 9.64 Å². The molecule has 1 aromatic carbocycles. The Morgan fingerprint density at radius 2 is 1.85 bits per heavy atom. The summed E-state index contributed by atoms with van der Waals surface area (Å²) in [6, 6.07) is 12.0. The van der Waals surface area contributed by atoms with Crippen molar-refractivity contribution in [1.29, 1.82) is 0 Å². The number of aromatic nitrogens is 6. The van der Waals surface area contributed by atoms with Crippen LogP contribution in [0, 0.1) is 19.8 Å². The summed E-state index contributed by atoms with van der Waals surface area (Å²) in [6.45, 7) is 8.48. The Hall–Kier alpha value is -4.11. The van der Waals surface area contributed by atoms with E-state index in [4.69, 9.17) is 24.5 Å². The molecule has 5 rings (SSSR count). The van der Waals surface area contributed by atoms with Gasteiger partial charge in [-0.3, -0.25) is 0 Å². The Labute approximate surface area is 229 Å². The number of pyridine rings is 1. The number of fused-ring (bicyclic) bond motifs is 1. The van der Waals surface area contributed by atoms with Gasteiger partial charge in [-0.05, 0) is 44.0 Å². The fourth-order valence-corrected chi connectivity index (χ4v) is 4.69. The molecule has 0 spiro atoms. The second-order valence-electron chi connectivity index (χ2n) is 10.4. The largest absolute Gasteiger partial charge is 0.471 e. The molecule has 4 aromatic rings. The Balaban J connectivity index is 1.43. The highest BCUT2D eigenvalue weighted by atomic mass is 16.5. The monoisotopic (exact) mass is 525 g/mol. The molecule has 0 fully saturated rings. The van der Waals surface area contributed by atoms with Crippen molar-refractivity contribution in [2.45, 2.75) is 46.3 Å². The van der Waals surface area contributed by atoms with Crippen molar-refractivity contribution >= 4 is 16.9 Å². The fraction of sp³-hybridized carbons (Fsp3) is 0.367. The van der Waals surface area contributed by atoms with Crippen molar-refractivity contribution in [3.63, 3.8) is 0 Å². The second-order valence-corrected chi connectivity index (χ2v) is 10.4. The first-order chi connectivity index (χ1) is 18.6. The SMILES string of the molecule is COC1(C)C=CC(Cc2nc(N(C)C)nn2-c2cc(OCc3cc(C)c4ccccc4n3)nc(C)n2)=CC1C. The molecule has 0 bridgehead atoms. The molecule has 202 valence electrons. The molecule has 3 heterocycles. The van der Waals surface area contributed by atoms with Gasteiger partial charge in [0.05, 0.1) is 16.8 Å². The number of nitrogens with zero attached hydrogens (tertiary/aromatic N) is 7. The Morgan fingerprint density at radius 1 is 1.05 bits per heavy atom. The van der Waals surface area contributed by atoms with E-state index in [1.165, 1.54) is 0 Å². The summed E-state index contributed by atoms with van der Waals surface area (Å²) < 4.78 is 13.6. The van der Waals surface area contributed by atoms with E-state index >= 15 is 0 Å². The Kier molecular flexibility index (Phi) is 7.18. The molecule has 3 aromatic heterocycles. The molecule has 0 saturated carbocycles. The zero-order valence-electron chi connectivity index (χ0n) is 23.6. The lowest BCUT2D eigenvalue weighted by molar-refractivity contribution is 0.0177. The number of rotatable bonds is 8. The van der Waals surface area contributed by atoms with Crippen LogP contribution in [-0.4, -0.2) is 56.5 Å². The topological polar surface area (TPSA) is 91.1 Å². The summed E-state index contributed by atoms with van der Waals surface area (Å²) in [5, 5.41) is 5.89. The van der Waals surface area contributed by atoms with Crippen LogP contribution in [0.1, 0.15) is 36.8 Å². The van der Waals surface area contributed by atoms with E-state index in [0.717, 1.165) is 33.6 Å². The average Bonchev–Trinajstić information content (AvgIpc) is 3.34. The molecule has 0 saturated heterocycles. The number of benzene rings is 1. The lowest BCUT2D eigenvalue weighted by Gasteiger charge is -2.32. The molecule has 0 radical (unpaired) electrons. The second kappa shape index (κ2) is 10.6. The highest BCUT2D eigenvalue weighted by molar-refractivity contribution is 5.82. The van der Waals surface area contributed by atoms with E-state index in [-0.39, 0.29) is 11.5 Å². The van der Waals surface area contributed by atoms with Gasteiger partial charge < -0.3 is 14.4 Å². The van der Waals surface area contributed by atoms with E-state index in [2.05, 4.69) is 61.1 Å². The normalized spacial score (nSPS) is 18.8. The summed E-state index contributed by atoms with van der Waals surface area (Å²) in [6.07, 6.45) is 7.05. The Bertz CT molecular complexity index is 1570. The van der Waals surface area contributed by atoms with Crippen LogP contribution in [0.4, 0.5) is 5.95 Å². The van der Waals surface area contributed by atoms with Gasteiger partial charge in [-0.2, -0.15) is 14.6 Å². The van der Waals surface area contributed by atoms with Crippen LogP contribution in [0.2, 0.25) is 0 Å². The maximum atomic E-state index is 6.11. The van der Waals surface area contributed by atoms with E-state index in [0.29, 0.717) is 36.5 Å². The molecule has 1 aliphatic carbocycles. The van der Waals surface area contributed by atoms with E-state index in [9.17, 15) is 0 Å². The third-order valence-corrected chi connectivity index (χ3v) is 7.22. The summed E-state index contributed by atoms with van der Waals surface area (Å²) in [4.78, 5) is 20.6. The number of methoxy groups -OCH3 is 1. The molecule has 1 aliphatic rings. The van der Waals surface area contributed by atoms with Crippen LogP contribution in [0.3, 0.4) is 0 Å². The van der Waals surface area contributed by atoms with Crippen molar-refractivity contribution < 1.29 is 9.47 Å². The van der Waals surface area contributed by atoms with Gasteiger partial charge in [0.15, 0.2) is 5.82 Å². The molecule has 9 nitrogen and oxygen atoms in total. The van der Waals surface area contributed by atoms with Crippen molar-refractivity contribution in [1.82, 2.24) is 29.7 Å². The maximum absolute atomic E-state index is 6.11. The van der Waals surface area contributed by atoms with Gasteiger partial charge >= 0.3 is 0 Å². The van der Waals surface area contributed by atoms with Crippen LogP contribution >= 0.6 is 0 Å². The van der Waals surface area contributed by atoms with Crippen molar-refractivity contribution in [2.24, 2.45) is 5.92 Å². The summed E-state index contributed by atoms with van der Waals surface area (Å²) >= 11 is 0. The fourth-order valence-electron chi connectivity index (χ4n) is 4.69. The molecule has 2 unspecified atom stereocenters. The number of allylic oxidation sites excluding steroid dienone is 2. The maximum Gasteiger partial charge on any atom is 0.244 e. The molecule has 0 N–H and O–H groups in total. The third-order valence-electron chi connectivity index (χ3n) is 7.22. The summed E-state index contributed by atoms with van der Waals surface area (Å²) in [5.74, 6) is 3.25. The van der Waals surface area contributed by atoms with E-state index < -0.39 is 0 Å². The van der Waals surface area contributed by atoms with Crippen LogP contribution in [-0.2, 0) is 17.8 Å². The molecule has 39 heavy (non-hydrogen) atoms. The third kappa shape index (κ3) is 5.54. The van der Waals surface area contributed by atoms with Gasteiger partial charge in [-0.1, -0.05) is 43.4 Å². The molecule has 9 heteroatoms. The average molecular weight is 526 g/mol. The standard InChI is InChI=1S/C30H35N7O2/c1-19-14-23(33-25-11-9-8-10-24(19)25)18-39-28-17-27(31-21(3)32-28)37-26(34-29(35-37)36(5)6)16-22-12-13-30(4,38-7)20(2)15-22/h8-15,17,20H,16,18H2,1-7H3. The van der Waals surface area contributed by atoms with Crippen LogP contribution in [0.15, 0.2) is 60.2 Å². The lowest BCUT2D eigenvalue weighted by atomic mass is 9.83. The van der Waals surface area contributed by atoms with Crippen LogP contribution in [0.25, 0.3) is 16.7 Å². The minimum absolute atomic E-state index is 0.223. The molecular formula is C30H35N7O2. The number of ether oxygens (including phenoxy) is 2. The summed E-state index contributed by atoms with van der Waals surface area (Å²) in [7, 11) is 5.59. The first-order valence-corrected chi connectivity index (χ1v) is 13.1. The Morgan fingerprint density at radius 3 is 2.59 bits per heavy atom. The quantitative estimate of drug-likeness (QED) is 0.319. The number of aryl methyl sites for hydroxylation is 2. The predicted molar refractivity (Wildman–Crippen MR) is 152 cm³/mol. The number of hydrogen-bond donors (Lipinski definition) is 0. The van der Waals surface area contributed by atoms with Crippen LogP contribution in [0.5, 0.6) is 5.88 Å². The highest BCUT2D eigenvalue weighted by Gasteiger charge is 2.30. The minimum Gasteiger partial charge on any atom is -0.471 e. The number of anilines is 1. The van der Waals surface area contributed by atoms with Gasteiger partial charge in [0, 0.05) is 45.0 Å². The van der Waals surface area contributed by atoms with Crippen molar-refractivity contribution in [3.8, 4) is 11.7 Å². The molecule has 0 amide bonds. The summed E-state index contributed by atoms with van der Waals surface area (Å²) in [5.41, 5.74) is 3.78. The van der Waals surface area contributed by atoms with E-state index in [1.807, 2.05) is 44.1 Å². The van der Waals surface area contributed by atoms with Crippen molar-refractivity contribution in [3.05, 3.63) is 83.1 Å². The predicted octanol–water partition coefficient (Wildman–Crippen LogP) is 4.95. The van der Waals surface area contributed by atoms with Gasteiger partial charge in [0.1, 0.15) is 18.3 Å². The molecular weight excluding hydrogens is 490 g/mol. The highest BCUT2D eigenvalue weighted by Crippen LogP contribution is 2.31. The first kappa shape index (κ1) is 26.5. The van der Waals surface area contributed by atoms with E-state index in [1.54, 1.807) is 17.9 Å². The number of para-hydroxylation sites is 1. The molecule has 2 atom stereocenters.